The quantitative estimate of drug-likeness (QED) is 0.0204. The third kappa shape index (κ3) is 21.6. The van der Waals surface area contributed by atoms with Crippen LogP contribution in [0.4, 0.5) is 0 Å². The summed E-state index contributed by atoms with van der Waals surface area (Å²) in [6.45, 7) is -2.72. The van der Waals surface area contributed by atoms with Gasteiger partial charge in [-0.3, -0.25) is 57.9 Å². The Hall–Kier alpha value is -5.26. The summed E-state index contributed by atoms with van der Waals surface area (Å²) in [5.74, 6) is -10.1. The Bertz CT molecular complexity index is 1310. The van der Waals surface area contributed by atoms with E-state index in [0.29, 0.717) is 19.4 Å². The zero-order valence-electron chi connectivity index (χ0n) is 29.3. The topological polar surface area (TPSA) is 331 Å². The van der Waals surface area contributed by atoms with Gasteiger partial charge in [0, 0.05) is 32.6 Å². The van der Waals surface area contributed by atoms with Crippen molar-refractivity contribution in [1.82, 2.24) is 41.3 Å². The fraction of sp³-hybridized carbons (Fsp3) is 0.667. The van der Waals surface area contributed by atoms with Crippen LogP contribution >= 0.6 is 0 Å². The molecule has 2 atom stereocenters. The van der Waals surface area contributed by atoms with Crippen LogP contribution in [0.1, 0.15) is 32.1 Å². The van der Waals surface area contributed by atoms with Crippen LogP contribution in [0.3, 0.4) is 0 Å². The summed E-state index contributed by atoms with van der Waals surface area (Å²) in [6.07, 6.45) is 0.345. The highest BCUT2D eigenvalue weighted by Crippen LogP contribution is 2.03. The molecule has 1 unspecified atom stereocenters. The van der Waals surface area contributed by atoms with Gasteiger partial charge in [0.15, 0.2) is 0 Å². The third-order valence-electron chi connectivity index (χ3n) is 7.45. The smallest absolute Gasteiger partial charge is 0.327 e. The van der Waals surface area contributed by atoms with Gasteiger partial charge < -0.3 is 51.7 Å². The summed E-state index contributed by atoms with van der Waals surface area (Å²) < 4.78 is 4.45. The van der Waals surface area contributed by atoms with E-state index in [2.05, 4.69) is 31.3 Å². The third-order valence-corrected chi connectivity index (χ3v) is 7.45. The van der Waals surface area contributed by atoms with Crippen molar-refractivity contribution in [3.05, 3.63) is 0 Å². The molecule has 23 heteroatoms. The zero-order valence-corrected chi connectivity index (χ0v) is 29.3. The molecule has 1 fully saturated rings. The van der Waals surface area contributed by atoms with Gasteiger partial charge in [0.25, 0.3) is 0 Å². The fourth-order valence-corrected chi connectivity index (χ4v) is 4.87. The molecule has 4 amide bonds. The normalized spacial score (nSPS) is 14.2. The minimum absolute atomic E-state index is 0.0361. The molecule has 1 heterocycles. The number of carbonyl (C=O) groups excluding carboxylic acids is 6. The van der Waals surface area contributed by atoms with Crippen molar-refractivity contribution in [3.63, 3.8) is 0 Å². The molecule has 1 rings (SSSR count). The first-order valence-corrected chi connectivity index (χ1v) is 16.6. The first kappa shape index (κ1) is 45.8. The van der Waals surface area contributed by atoms with Crippen molar-refractivity contribution in [2.75, 3.05) is 85.6 Å². The summed E-state index contributed by atoms with van der Waals surface area (Å²) in [5, 5.41) is 49.0. The summed E-state index contributed by atoms with van der Waals surface area (Å²) in [5.41, 5.74) is 0. The average molecular weight is 761 g/mol. The average Bonchev–Trinajstić information content (AvgIpc) is 3.06. The minimum atomic E-state index is -1.46. The first-order chi connectivity index (χ1) is 25.0. The molecular weight excluding hydrogens is 712 g/mol. The number of rotatable bonds is 28. The van der Waals surface area contributed by atoms with Crippen molar-refractivity contribution >= 4 is 59.4 Å². The standard InChI is InChI=1S/C30H48N8O15/c1-31-7-3-2-4-20(30(51)52)35-22(40)13-33-29(50)19(5-6-24(42)43)34-21(39)12-32-23(41)14-37(16-26(46)47)10-8-36(15-25(44)45)9-11-38-17-27(48)53-28(49)18-38/h19-20,31H,2-18H2,1H3,(H,32,41)(H,33,50)(H,34,39)(H,35,40)(H,42,43)(H,44,45)(H,46,47)(H,51,52)/t19-,20?/m1/s1. The van der Waals surface area contributed by atoms with E-state index in [-0.39, 0.29) is 45.7 Å². The number of amides is 4. The van der Waals surface area contributed by atoms with E-state index in [9.17, 15) is 63.3 Å². The summed E-state index contributed by atoms with van der Waals surface area (Å²) in [6, 6.07) is -2.67. The summed E-state index contributed by atoms with van der Waals surface area (Å²) in [4.78, 5) is 123. The zero-order chi connectivity index (χ0) is 39.9. The molecule has 1 saturated heterocycles. The van der Waals surface area contributed by atoms with E-state index in [1.807, 2.05) is 0 Å². The van der Waals surface area contributed by atoms with Gasteiger partial charge in [0.1, 0.15) is 12.1 Å². The second kappa shape index (κ2) is 24.8. The number of morpholine rings is 1. The van der Waals surface area contributed by atoms with Gasteiger partial charge in [-0.05, 0) is 39.3 Å². The van der Waals surface area contributed by atoms with Crippen LogP contribution in [0.5, 0.6) is 0 Å². The number of nitrogens with one attached hydrogen (secondary N) is 5. The fourth-order valence-electron chi connectivity index (χ4n) is 4.87. The van der Waals surface area contributed by atoms with Crippen LogP contribution in [0, 0.1) is 0 Å². The maximum atomic E-state index is 12.8. The second-order valence-corrected chi connectivity index (χ2v) is 11.9. The van der Waals surface area contributed by atoms with Crippen LogP contribution in [0.25, 0.3) is 0 Å². The summed E-state index contributed by atoms with van der Waals surface area (Å²) >= 11 is 0. The molecule has 0 spiro atoms. The molecular formula is C30H48N8O15. The van der Waals surface area contributed by atoms with E-state index in [1.54, 1.807) is 7.05 Å². The number of carboxylic acid groups (broad SMARTS) is 4. The maximum absolute atomic E-state index is 12.8. The van der Waals surface area contributed by atoms with Gasteiger partial charge in [-0.25, -0.2) is 4.79 Å². The van der Waals surface area contributed by atoms with Crippen LogP contribution < -0.4 is 26.6 Å². The lowest BCUT2D eigenvalue weighted by molar-refractivity contribution is -0.167. The van der Waals surface area contributed by atoms with Crippen LogP contribution in [-0.2, 0) is 52.7 Å². The van der Waals surface area contributed by atoms with Gasteiger partial charge in [0.2, 0.25) is 23.6 Å². The van der Waals surface area contributed by atoms with Gasteiger partial charge in [-0.2, -0.15) is 0 Å². The predicted octanol–water partition coefficient (Wildman–Crippen LogP) is -5.31. The van der Waals surface area contributed by atoms with E-state index < -0.39 is 117 Å². The molecule has 0 bridgehead atoms. The number of aliphatic carboxylic acids is 4. The number of ether oxygens (including phenoxy) is 1. The van der Waals surface area contributed by atoms with E-state index in [0.717, 1.165) is 4.90 Å². The number of hydrogen-bond donors (Lipinski definition) is 9. The number of nitrogens with zero attached hydrogens (tertiary/aromatic N) is 3. The maximum Gasteiger partial charge on any atom is 0.327 e. The molecule has 9 N–H and O–H groups in total. The van der Waals surface area contributed by atoms with Crippen molar-refractivity contribution < 1.29 is 73.1 Å². The Balaban J connectivity index is 2.72. The highest BCUT2D eigenvalue weighted by Gasteiger charge is 2.27. The molecule has 23 nitrogen and oxygen atoms in total. The molecule has 298 valence electrons. The van der Waals surface area contributed by atoms with Crippen LogP contribution in [-0.4, -0.2) is 192 Å². The van der Waals surface area contributed by atoms with Crippen molar-refractivity contribution in [2.24, 2.45) is 0 Å². The lowest BCUT2D eigenvalue weighted by Gasteiger charge is -2.29. The van der Waals surface area contributed by atoms with E-state index in [4.69, 9.17) is 5.11 Å². The SMILES string of the molecule is CNCCCCC(NC(=O)CNC(=O)[C@@H](CCC(=O)O)NC(=O)CNC(=O)CN(CCN(CCN1CC(=O)OC(=O)C1)CC(=O)O)CC(=O)O)C(=O)O. The lowest BCUT2D eigenvalue weighted by Crippen LogP contribution is -2.52. The number of unbranched alkanes of at least 4 members (excludes halogenated alkanes) is 1. The molecule has 0 saturated carbocycles. The Morgan fingerprint density at radius 1 is 0.698 bits per heavy atom. The molecule has 0 aromatic heterocycles. The number of carbonyl (C=O) groups is 10. The largest absolute Gasteiger partial charge is 0.481 e. The molecule has 0 aliphatic carbocycles. The molecule has 53 heavy (non-hydrogen) atoms. The van der Waals surface area contributed by atoms with Crippen molar-refractivity contribution in [2.45, 2.75) is 44.2 Å². The van der Waals surface area contributed by atoms with Gasteiger partial charge in [-0.1, -0.05) is 0 Å². The number of hydrogen-bond acceptors (Lipinski definition) is 15. The highest BCUT2D eigenvalue weighted by molar-refractivity contribution is 5.93. The molecule has 1 aliphatic rings. The lowest BCUT2D eigenvalue weighted by atomic mass is 10.1. The van der Waals surface area contributed by atoms with Gasteiger partial charge in [-0.15, -0.1) is 0 Å². The Morgan fingerprint density at radius 2 is 1.26 bits per heavy atom. The van der Waals surface area contributed by atoms with E-state index >= 15 is 0 Å². The van der Waals surface area contributed by atoms with Crippen LogP contribution in [0.15, 0.2) is 0 Å². The van der Waals surface area contributed by atoms with Crippen molar-refractivity contribution in [3.8, 4) is 0 Å². The summed E-state index contributed by atoms with van der Waals surface area (Å²) in [7, 11) is 1.74. The number of esters is 2. The Morgan fingerprint density at radius 3 is 1.83 bits per heavy atom. The minimum Gasteiger partial charge on any atom is -0.481 e. The van der Waals surface area contributed by atoms with Gasteiger partial charge in [0.05, 0.1) is 45.8 Å². The van der Waals surface area contributed by atoms with Crippen LogP contribution in [0.2, 0.25) is 0 Å². The highest BCUT2D eigenvalue weighted by atomic mass is 16.6. The molecule has 0 radical (unpaired) electrons. The second-order valence-electron chi connectivity index (χ2n) is 11.9. The van der Waals surface area contributed by atoms with E-state index in [1.165, 1.54) is 9.80 Å². The monoisotopic (exact) mass is 760 g/mol. The Labute approximate surface area is 303 Å². The molecule has 0 aromatic carbocycles. The number of cyclic esters (lactones) is 2. The predicted molar refractivity (Wildman–Crippen MR) is 178 cm³/mol. The Kier molecular flexibility index (Phi) is 21.4. The number of carboxylic acids is 4. The van der Waals surface area contributed by atoms with Crippen molar-refractivity contribution in [1.29, 1.82) is 0 Å². The molecule has 1 aliphatic heterocycles. The first-order valence-electron chi connectivity index (χ1n) is 16.6. The molecule has 0 aromatic rings. The van der Waals surface area contributed by atoms with Gasteiger partial charge >= 0.3 is 35.8 Å².